The van der Waals surface area contributed by atoms with Crippen LogP contribution in [0, 0.1) is 13.8 Å². The number of nitrogens with one attached hydrogen (secondary N) is 2. The van der Waals surface area contributed by atoms with E-state index >= 15 is 0 Å². The number of nitrogens with zero attached hydrogens (tertiary/aromatic N) is 4. The second-order valence-corrected chi connectivity index (χ2v) is 9.52. The summed E-state index contributed by atoms with van der Waals surface area (Å²) in [5, 5.41) is 15.9. The molecule has 0 aliphatic rings. The van der Waals surface area contributed by atoms with Gasteiger partial charge in [-0.3, -0.25) is 9.59 Å². The number of halogens is 1. The van der Waals surface area contributed by atoms with Crippen molar-refractivity contribution in [2.75, 3.05) is 11.1 Å². The Morgan fingerprint density at radius 1 is 1.28 bits per heavy atom. The number of amides is 2. The lowest BCUT2D eigenvalue weighted by atomic mass is 10.2. The van der Waals surface area contributed by atoms with Crippen molar-refractivity contribution in [1.29, 1.82) is 0 Å². The van der Waals surface area contributed by atoms with Crippen molar-refractivity contribution in [3.8, 4) is 0 Å². The summed E-state index contributed by atoms with van der Waals surface area (Å²) in [5.74, 6) is 0.298. The number of carbonyl (C=O) groups excluding carboxylic acids is 2. The fourth-order valence-corrected chi connectivity index (χ4v) is 4.50. The molecular formula is C21H23ClN6O2S2. The number of anilines is 1. The molecule has 8 nitrogen and oxygen atoms in total. The molecule has 0 aliphatic carbocycles. The summed E-state index contributed by atoms with van der Waals surface area (Å²) in [6.45, 7) is 9.92. The van der Waals surface area contributed by atoms with Gasteiger partial charge >= 0.3 is 0 Å². The largest absolute Gasteiger partial charge is 0.342 e. The maximum absolute atomic E-state index is 12.5. The van der Waals surface area contributed by atoms with E-state index in [9.17, 15) is 9.59 Å². The van der Waals surface area contributed by atoms with Gasteiger partial charge < -0.3 is 15.2 Å². The van der Waals surface area contributed by atoms with Gasteiger partial charge in [0.05, 0.1) is 17.5 Å². The van der Waals surface area contributed by atoms with Crippen LogP contribution in [0.15, 0.2) is 42.1 Å². The van der Waals surface area contributed by atoms with E-state index in [1.165, 1.54) is 23.1 Å². The van der Waals surface area contributed by atoms with Crippen LogP contribution in [0.2, 0.25) is 5.02 Å². The molecule has 0 bridgehead atoms. The van der Waals surface area contributed by atoms with Crippen LogP contribution >= 0.6 is 34.7 Å². The Morgan fingerprint density at radius 2 is 2.00 bits per heavy atom. The monoisotopic (exact) mass is 490 g/mol. The highest BCUT2D eigenvalue weighted by atomic mass is 35.5. The summed E-state index contributed by atoms with van der Waals surface area (Å²) in [6, 6.07) is 6.23. The van der Waals surface area contributed by atoms with Gasteiger partial charge in [-0.25, -0.2) is 4.98 Å². The van der Waals surface area contributed by atoms with Crippen molar-refractivity contribution >= 4 is 51.6 Å². The van der Waals surface area contributed by atoms with Crippen LogP contribution in [0.1, 0.15) is 39.7 Å². The molecule has 168 valence electrons. The average Bonchev–Trinajstić information content (AvgIpc) is 3.29. The van der Waals surface area contributed by atoms with Crippen molar-refractivity contribution in [3.05, 3.63) is 63.9 Å². The minimum Gasteiger partial charge on any atom is -0.342 e. The number of hydrogen-bond acceptors (Lipinski definition) is 7. The third kappa shape index (κ3) is 5.96. The van der Waals surface area contributed by atoms with Gasteiger partial charge in [0.25, 0.3) is 5.91 Å². The van der Waals surface area contributed by atoms with Crippen LogP contribution in [0.3, 0.4) is 0 Å². The lowest BCUT2D eigenvalue weighted by molar-refractivity contribution is -0.113. The first-order valence-corrected chi connectivity index (χ1v) is 11.9. The number of thiazole rings is 1. The van der Waals surface area contributed by atoms with Gasteiger partial charge in [-0.15, -0.1) is 28.1 Å². The van der Waals surface area contributed by atoms with E-state index in [-0.39, 0.29) is 17.6 Å². The summed E-state index contributed by atoms with van der Waals surface area (Å²) in [6.07, 6.45) is 1.71. The molecule has 1 unspecified atom stereocenters. The topological polar surface area (TPSA) is 102 Å². The first-order valence-electron chi connectivity index (χ1n) is 9.75. The lowest BCUT2D eigenvalue weighted by Crippen LogP contribution is -2.28. The Balaban J connectivity index is 1.65. The Morgan fingerprint density at radius 3 is 2.62 bits per heavy atom. The van der Waals surface area contributed by atoms with Gasteiger partial charge in [-0.2, -0.15) is 0 Å². The first kappa shape index (κ1) is 24.0. The van der Waals surface area contributed by atoms with E-state index in [4.69, 9.17) is 11.6 Å². The van der Waals surface area contributed by atoms with E-state index in [2.05, 4.69) is 32.4 Å². The highest BCUT2D eigenvalue weighted by Crippen LogP contribution is 2.24. The highest BCUT2D eigenvalue weighted by Gasteiger charge is 2.20. The number of rotatable bonds is 9. The summed E-state index contributed by atoms with van der Waals surface area (Å²) >= 11 is 8.59. The van der Waals surface area contributed by atoms with E-state index < -0.39 is 6.04 Å². The SMILES string of the molecule is C=CCn1c(SCC(=O)Nc2nc(C)c(C)s2)nnc1C(C)NC(=O)c1ccc(Cl)cc1. The highest BCUT2D eigenvalue weighted by molar-refractivity contribution is 7.99. The third-order valence-corrected chi connectivity index (χ3v) is 6.71. The van der Waals surface area contributed by atoms with Gasteiger partial charge in [0.15, 0.2) is 16.1 Å². The Kier molecular flexibility index (Phi) is 8.05. The van der Waals surface area contributed by atoms with E-state index in [0.29, 0.717) is 33.2 Å². The van der Waals surface area contributed by atoms with Gasteiger partial charge in [0.2, 0.25) is 5.91 Å². The molecule has 2 aromatic heterocycles. The van der Waals surface area contributed by atoms with E-state index in [1.54, 1.807) is 30.3 Å². The van der Waals surface area contributed by atoms with Crippen LogP contribution in [0.4, 0.5) is 5.13 Å². The number of benzene rings is 1. The summed E-state index contributed by atoms with van der Waals surface area (Å²) in [4.78, 5) is 30.3. The van der Waals surface area contributed by atoms with Crippen LogP contribution < -0.4 is 10.6 Å². The first-order chi connectivity index (χ1) is 15.3. The van der Waals surface area contributed by atoms with Gasteiger partial charge in [-0.05, 0) is 45.0 Å². The van der Waals surface area contributed by atoms with E-state index in [0.717, 1.165) is 10.6 Å². The van der Waals surface area contributed by atoms with Crippen LogP contribution in [-0.4, -0.2) is 37.3 Å². The standard InChI is InChI=1S/C21H23ClN6O2S2/c1-5-10-28-18(13(3)23-19(30)15-6-8-16(22)9-7-15)26-27-21(28)31-11-17(29)25-20-24-12(2)14(4)32-20/h5-9,13H,1,10-11H2,2-4H3,(H,23,30)(H,24,25,29). The van der Waals surface area contributed by atoms with Crippen molar-refractivity contribution in [3.63, 3.8) is 0 Å². The zero-order chi connectivity index (χ0) is 23.3. The van der Waals surface area contributed by atoms with E-state index in [1.807, 2.05) is 25.3 Å². The molecule has 2 amide bonds. The molecule has 0 spiro atoms. The molecule has 0 saturated carbocycles. The lowest BCUT2D eigenvalue weighted by Gasteiger charge is -2.15. The zero-order valence-electron chi connectivity index (χ0n) is 17.9. The number of aryl methyl sites for hydroxylation is 2. The van der Waals surface area contributed by atoms with Gasteiger partial charge in [-0.1, -0.05) is 29.4 Å². The number of allylic oxidation sites excluding steroid dienone is 1. The quantitative estimate of drug-likeness (QED) is 0.340. The minimum absolute atomic E-state index is 0.151. The summed E-state index contributed by atoms with van der Waals surface area (Å²) < 4.78 is 1.83. The number of thioether (sulfide) groups is 1. The molecule has 11 heteroatoms. The van der Waals surface area contributed by atoms with Crippen LogP contribution in [-0.2, 0) is 11.3 Å². The second kappa shape index (κ2) is 10.8. The third-order valence-electron chi connectivity index (χ3n) is 4.51. The Bertz CT molecular complexity index is 1110. The molecule has 3 aromatic rings. The fourth-order valence-electron chi connectivity index (χ4n) is 2.79. The molecule has 32 heavy (non-hydrogen) atoms. The smallest absolute Gasteiger partial charge is 0.251 e. The molecule has 0 saturated heterocycles. The fraction of sp³-hybridized carbons (Fsp3) is 0.286. The number of aromatic nitrogens is 4. The van der Waals surface area contributed by atoms with Crippen molar-refractivity contribution < 1.29 is 9.59 Å². The zero-order valence-corrected chi connectivity index (χ0v) is 20.3. The molecule has 3 rings (SSSR count). The molecule has 1 aromatic carbocycles. The molecule has 0 fully saturated rings. The van der Waals surface area contributed by atoms with Crippen molar-refractivity contribution in [1.82, 2.24) is 25.1 Å². The van der Waals surface area contributed by atoms with Crippen molar-refractivity contribution in [2.24, 2.45) is 0 Å². The normalized spacial score (nSPS) is 11.8. The maximum Gasteiger partial charge on any atom is 0.251 e. The number of carbonyl (C=O) groups is 2. The average molecular weight is 491 g/mol. The summed E-state index contributed by atoms with van der Waals surface area (Å²) in [7, 11) is 0. The molecule has 2 N–H and O–H groups in total. The summed E-state index contributed by atoms with van der Waals surface area (Å²) in [5.41, 5.74) is 1.40. The maximum atomic E-state index is 12.5. The molecule has 0 aliphatic heterocycles. The van der Waals surface area contributed by atoms with Gasteiger partial charge in [0.1, 0.15) is 0 Å². The predicted octanol–water partition coefficient (Wildman–Crippen LogP) is 4.41. The number of hydrogen-bond donors (Lipinski definition) is 2. The minimum atomic E-state index is -0.407. The predicted molar refractivity (Wildman–Crippen MR) is 128 cm³/mol. The van der Waals surface area contributed by atoms with Crippen LogP contribution in [0.5, 0.6) is 0 Å². The second-order valence-electron chi connectivity index (χ2n) is 6.94. The molecule has 1 atom stereocenters. The Hall–Kier alpha value is -2.69. The molecule has 0 radical (unpaired) electrons. The molecule has 2 heterocycles. The van der Waals surface area contributed by atoms with Gasteiger partial charge in [0, 0.05) is 22.0 Å². The Labute approximate surface area is 199 Å². The molecular weight excluding hydrogens is 468 g/mol. The van der Waals surface area contributed by atoms with Crippen LogP contribution in [0.25, 0.3) is 0 Å². The van der Waals surface area contributed by atoms with Crippen molar-refractivity contribution in [2.45, 2.75) is 38.5 Å².